The number of hydrogen-bond acceptors (Lipinski definition) is 5. The first-order valence-corrected chi connectivity index (χ1v) is 15.5. The third kappa shape index (κ3) is 6.51. The molecule has 39 heavy (non-hydrogen) atoms. The molecule has 7 nitrogen and oxygen atoms in total. The smallest absolute Gasteiger partial charge is 0.252 e. The molecular weight excluding hydrogens is 510 g/mol. The molecule has 5 rings (SSSR count). The van der Waals surface area contributed by atoms with Gasteiger partial charge in [0.05, 0.1) is 21.7 Å². The normalized spacial score (nSPS) is 20.8. The van der Waals surface area contributed by atoms with Crippen molar-refractivity contribution in [1.29, 1.82) is 0 Å². The van der Waals surface area contributed by atoms with Gasteiger partial charge in [0, 0.05) is 44.8 Å². The summed E-state index contributed by atoms with van der Waals surface area (Å²) in [5.41, 5.74) is 2.73. The highest BCUT2D eigenvalue weighted by atomic mass is 32.2. The number of amides is 1. The van der Waals surface area contributed by atoms with Crippen LogP contribution in [0.1, 0.15) is 55.3 Å². The second-order valence-corrected chi connectivity index (χ2v) is 13.4. The molecule has 0 radical (unpaired) electrons. The average molecular weight is 550 g/mol. The van der Waals surface area contributed by atoms with Gasteiger partial charge in [0.1, 0.15) is 0 Å². The van der Waals surface area contributed by atoms with Gasteiger partial charge in [0.15, 0.2) is 0 Å². The highest BCUT2D eigenvalue weighted by Gasteiger charge is 2.25. The van der Waals surface area contributed by atoms with E-state index in [1.54, 1.807) is 24.3 Å². The van der Waals surface area contributed by atoms with E-state index >= 15 is 0 Å². The molecule has 0 atom stereocenters. The van der Waals surface area contributed by atoms with Crippen LogP contribution in [0.15, 0.2) is 59.5 Å². The van der Waals surface area contributed by atoms with Crippen LogP contribution in [-0.2, 0) is 14.8 Å². The molecule has 1 saturated carbocycles. The molecule has 3 aromatic rings. The predicted molar refractivity (Wildman–Crippen MR) is 154 cm³/mol. The standard InChI is InChI=1S/C31H39N3O4S/c1-34(2)39(36,37)26-13-11-25(12-14-26)30-20-28(27-5-3-4-6-29(27)33-30)31(35)32-21-24-9-7-22(8-10-24)19-23-15-17-38-18-16-23/h3-6,11-14,20,22-24H,7-10,15-19,21H2,1-2H3,(H,32,35). The number of hydrogen-bond donors (Lipinski definition) is 1. The van der Waals surface area contributed by atoms with E-state index in [2.05, 4.69) is 5.32 Å². The molecule has 1 N–H and O–H groups in total. The Morgan fingerprint density at radius 1 is 0.923 bits per heavy atom. The van der Waals surface area contributed by atoms with E-state index in [0.717, 1.165) is 41.5 Å². The Balaban J connectivity index is 1.26. The minimum Gasteiger partial charge on any atom is -0.381 e. The van der Waals surface area contributed by atoms with E-state index in [9.17, 15) is 13.2 Å². The minimum absolute atomic E-state index is 0.0917. The minimum atomic E-state index is -3.52. The first-order valence-electron chi connectivity index (χ1n) is 14.1. The van der Waals surface area contributed by atoms with Crippen molar-refractivity contribution in [3.05, 3.63) is 60.2 Å². The van der Waals surface area contributed by atoms with Crippen LogP contribution in [0.3, 0.4) is 0 Å². The fraction of sp³-hybridized carbons (Fsp3) is 0.484. The lowest BCUT2D eigenvalue weighted by Gasteiger charge is -2.32. The SMILES string of the molecule is CN(C)S(=O)(=O)c1ccc(-c2cc(C(=O)NCC3CCC(CC4CCOCC4)CC3)c3ccccc3n2)cc1. The van der Waals surface area contributed by atoms with E-state index in [1.165, 1.54) is 63.3 Å². The predicted octanol–water partition coefficient (Wildman–Crippen LogP) is 5.51. The van der Waals surface area contributed by atoms with Crippen molar-refractivity contribution in [3.63, 3.8) is 0 Å². The Bertz CT molecular complexity index is 1390. The molecule has 2 aromatic carbocycles. The largest absolute Gasteiger partial charge is 0.381 e. The second-order valence-electron chi connectivity index (χ2n) is 11.3. The maximum atomic E-state index is 13.4. The molecule has 1 aromatic heterocycles. The van der Waals surface area contributed by atoms with Crippen molar-refractivity contribution in [3.8, 4) is 11.3 Å². The van der Waals surface area contributed by atoms with Crippen LogP contribution >= 0.6 is 0 Å². The average Bonchev–Trinajstić information content (AvgIpc) is 2.96. The van der Waals surface area contributed by atoms with Crippen LogP contribution in [0.4, 0.5) is 0 Å². The molecule has 2 aliphatic rings. The Morgan fingerprint density at radius 3 is 2.26 bits per heavy atom. The number of rotatable bonds is 8. The molecule has 8 heteroatoms. The molecule has 1 amide bonds. The van der Waals surface area contributed by atoms with Crippen LogP contribution in [0.5, 0.6) is 0 Å². The summed E-state index contributed by atoms with van der Waals surface area (Å²) in [6, 6.07) is 16.1. The highest BCUT2D eigenvalue weighted by Crippen LogP contribution is 2.35. The molecule has 0 bridgehead atoms. The lowest BCUT2D eigenvalue weighted by Crippen LogP contribution is -2.32. The van der Waals surface area contributed by atoms with E-state index in [0.29, 0.717) is 23.7 Å². The zero-order chi connectivity index (χ0) is 27.4. The van der Waals surface area contributed by atoms with E-state index < -0.39 is 10.0 Å². The maximum absolute atomic E-state index is 13.4. The first-order chi connectivity index (χ1) is 18.8. The molecule has 2 fully saturated rings. The lowest BCUT2D eigenvalue weighted by molar-refractivity contribution is 0.0549. The maximum Gasteiger partial charge on any atom is 0.252 e. The van der Waals surface area contributed by atoms with Crippen LogP contribution in [0.25, 0.3) is 22.2 Å². The molecule has 0 unspecified atom stereocenters. The summed E-state index contributed by atoms with van der Waals surface area (Å²) in [6.07, 6.45) is 8.57. The van der Waals surface area contributed by atoms with Gasteiger partial charge in [-0.2, -0.15) is 0 Å². The quantitative estimate of drug-likeness (QED) is 0.401. The number of benzene rings is 2. The van der Waals surface area contributed by atoms with Gasteiger partial charge >= 0.3 is 0 Å². The Labute approximate surface area is 232 Å². The number of aromatic nitrogens is 1. The van der Waals surface area contributed by atoms with Gasteiger partial charge in [-0.05, 0) is 74.1 Å². The molecule has 1 aliphatic heterocycles. The summed E-state index contributed by atoms with van der Waals surface area (Å²) in [5, 5.41) is 4.02. The number of sulfonamides is 1. The van der Waals surface area contributed by atoms with Crippen LogP contribution in [-0.4, -0.2) is 57.5 Å². The summed E-state index contributed by atoms with van der Waals surface area (Å²) in [7, 11) is -0.494. The topological polar surface area (TPSA) is 88.6 Å². The van der Waals surface area contributed by atoms with Crippen molar-refractivity contribution >= 4 is 26.8 Å². The monoisotopic (exact) mass is 549 g/mol. The number of fused-ring (bicyclic) bond motifs is 1. The number of pyridine rings is 1. The first kappa shape index (κ1) is 27.7. The van der Waals surface area contributed by atoms with Gasteiger partial charge in [0.25, 0.3) is 5.91 Å². The van der Waals surface area contributed by atoms with Crippen molar-refractivity contribution in [2.24, 2.45) is 17.8 Å². The fourth-order valence-corrected chi connectivity index (χ4v) is 6.88. The third-order valence-electron chi connectivity index (χ3n) is 8.41. The van der Waals surface area contributed by atoms with Gasteiger partial charge in [-0.25, -0.2) is 17.7 Å². The van der Waals surface area contributed by atoms with Crippen LogP contribution in [0, 0.1) is 17.8 Å². The molecular formula is C31H39N3O4S. The van der Waals surface area contributed by atoms with Gasteiger partial charge in [0.2, 0.25) is 10.0 Å². The van der Waals surface area contributed by atoms with Crippen molar-refractivity contribution in [2.45, 2.75) is 49.8 Å². The summed E-state index contributed by atoms with van der Waals surface area (Å²) in [6.45, 7) is 2.52. The summed E-state index contributed by atoms with van der Waals surface area (Å²) in [4.78, 5) is 18.4. The highest BCUT2D eigenvalue weighted by molar-refractivity contribution is 7.89. The van der Waals surface area contributed by atoms with E-state index in [1.807, 2.05) is 30.3 Å². The fourth-order valence-electron chi connectivity index (χ4n) is 5.98. The summed E-state index contributed by atoms with van der Waals surface area (Å²) >= 11 is 0. The zero-order valence-electron chi connectivity index (χ0n) is 22.9. The number of nitrogens with one attached hydrogen (secondary N) is 1. The van der Waals surface area contributed by atoms with Gasteiger partial charge in [-0.1, -0.05) is 43.2 Å². The van der Waals surface area contributed by atoms with Gasteiger partial charge in [-0.15, -0.1) is 0 Å². The molecule has 1 saturated heterocycles. The molecule has 2 heterocycles. The number of ether oxygens (including phenoxy) is 1. The second kappa shape index (κ2) is 12.1. The molecule has 1 aliphatic carbocycles. The summed E-state index contributed by atoms with van der Waals surface area (Å²) < 4.78 is 31.6. The number of nitrogens with zero attached hydrogens (tertiary/aromatic N) is 2. The van der Waals surface area contributed by atoms with Gasteiger partial charge in [-0.3, -0.25) is 4.79 Å². The molecule has 0 spiro atoms. The van der Waals surface area contributed by atoms with Crippen molar-refractivity contribution in [1.82, 2.24) is 14.6 Å². The number of para-hydroxylation sites is 1. The lowest BCUT2D eigenvalue weighted by atomic mass is 9.76. The number of carbonyl (C=O) groups excluding carboxylic acids is 1. The van der Waals surface area contributed by atoms with E-state index in [4.69, 9.17) is 9.72 Å². The van der Waals surface area contributed by atoms with Crippen LogP contribution in [0.2, 0.25) is 0 Å². The Morgan fingerprint density at radius 2 is 1.56 bits per heavy atom. The Kier molecular flexibility index (Phi) is 8.64. The van der Waals surface area contributed by atoms with Crippen molar-refractivity contribution < 1.29 is 17.9 Å². The zero-order valence-corrected chi connectivity index (χ0v) is 23.8. The Hall–Kier alpha value is -2.81. The van der Waals surface area contributed by atoms with Crippen molar-refractivity contribution in [2.75, 3.05) is 33.9 Å². The molecule has 208 valence electrons. The number of carbonyl (C=O) groups is 1. The van der Waals surface area contributed by atoms with Gasteiger partial charge < -0.3 is 10.1 Å². The summed E-state index contributed by atoms with van der Waals surface area (Å²) in [5.74, 6) is 2.05. The third-order valence-corrected chi connectivity index (χ3v) is 10.2. The van der Waals surface area contributed by atoms with E-state index in [-0.39, 0.29) is 10.8 Å². The van der Waals surface area contributed by atoms with Crippen LogP contribution < -0.4 is 5.32 Å².